The van der Waals surface area contributed by atoms with Gasteiger partial charge in [-0.15, -0.1) is 0 Å². The van der Waals surface area contributed by atoms with Crippen LogP contribution in [0.3, 0.4) is 0 Å². The van der Waals surface area contributed by atoms with Crippen LogP contribution in [-0.2, 0) is 16.0 Å². The van der Waals surface area contributed by atoms with Crippen LogP contribution < -0.4 is 4.90 Å². The Bertz CT molecular complexity index is 930. The summed E-state index contributed by atoms with van der Waals surface area (Å²) in [6, 6.07) is 1.79. The van der Waals surface area contributed by atoms with Crippen LogP contribution in [0.25, 0.3) is 11.1 Å². The topological polar surface area (TPSA) is 55.3 Å². The van der Waals surface area contributed by atoms with Crippen LogP contribution in [0.4, 0.5) is 10.1 Å². The molecule has 0 unspecified atom stereocenters. The summed E-state index contributed by atoms with van der Waals surface area (Å²) in [6.45, 7) is 13.7. The van der Waals surface area contributed by atoms with Gasteiger partial charge in [0, 0.05) is 53.4 Å². The normalized spacial score (nSPS) is 16.1. The van der Waals surface area contributed by atoms with E-state index in [9.17, 15) is 9.18 Å². The fraction of sp³-hybridized carbons (Fsp3) is 0.542. The number of esters is 1. The molecule has 6 heteroatoms. The Morgan fingerprint density at radius 1 is 1.20 bits per heavy atom. The number of nitrogens with zero attached hydrogens (tertiary/aromatic N) is 3. The first-order chi connectivity index (χ1) is 14.1. The number of aryl methyl sites for hydroxylation is 2. The van der Waals surface area contributed by atoms with E-state index in [1.807, 2.05) is 27.0 Å². The largest absolute Gasteiger partial charge is 0.463 e. The van der Waals surface area contributed by atoms with Crippen molar-refractivity contribution in [3.63, 3.8) is 0 Å². The first-order valence-electron chi connectivity index (χ1n) is 10.6. The Hall–Kier alpha value is -2.50. The average Bonchev–Trinajstić information content (AvgIpc) is 2.65. The maximum absolute atomic E-state index is 13.8. The summed E-state index contributed by atoms with van der Waals surface area (Å²) < 4.78 is 19.2. The highest BCUT2D eigenvalue weighted by molar-refractivity contribution is 5.85. The molecule has 0 atom stereocenters. The molecule has 0 amide bonds. The molecule has 0 spiro atoms. The molecule has 0 aliphatic carbocycles. The van der Waals surface area contributed by atoms with Crippen molar-refractivity contribution in [2.45, 2.75) is 66.9 Å². The third kappa shape index (κ3) is 4.97. The minimum atomic E-state index is -0.471. The van der Waals surface area contributed by atoms with Gasteiger partial charge < -0.3 is 9.64 Å². The van der Waals surface area contributed by atoms with Crippen LogP contribution in [0.15, 0.2) is 18.5 Å². The van der Waals surface area contributed by atoms with Gasteiger partial charge in [-0.2, -0.15) is 4.39 Å². The van der Waals surface area contributed by atoms with Crippen molar-refractivity contribution in [2.24, 2.45) is 5.41 Å². The van der Waals surface area contributed by atoms with E-state index in [1.165, 1.54) is 0 Å². The zero-order valence-corrected chi connectivity index (χ0v) is 18.9. The average molecular weight is 414 g/mol. The van der Waals surface area contributed by atoms with Crippen LogP contribution in [0.5, 0.6) is 0 Å². The van der Waals surface area contributed by atoms with Gasteiger partial charge in [0.25, 0.3) is 0 Å². The number of hydrogen-bond donors (Lipinski definition) is 0. The van der Waals surface area contributed by atoms with Gasteiger partial charge in [0.1, 0.15) is 0 Å². The maximum atomic E-state index is 13.8. The first kappa shape index (κ1) is 22.2. The van der Waals surface area contributed by atoms with E-state index in [0.717, 1.165) is 54.0 Å². The number of pyridine rings is 2. The number of aromatic nitrogens is 2. The SMILES string of the molecule is Cc1cc(-c2cnc(C)c(CC(=O)OC(C)C)c2N2CCC(C)(C)CC2)cnc1F. The molecule has 1 saturated heterocycles. The summed E-state index contributed by atoms with van der Waals surface area (Å²) in [5.41, 5.74) is 5.14. The molecule has 162 valence electrons. The van der Waals surface area contributed by atoms with Crippen LogP contribution in [0, 0.1) is 25.2 Å². The molecule has 0 bridgehead atoms. The summed E-state index contributed by atoms with van der Waals surface area (Å²) in [5.74, 6) is -0.736. The predicted molar refractivity (Wildman–Crippen MR) is 117 cm³/mol. The molecular formula is C24H32FN3O2. The lowest BCUT2D eigenvalue weighted by Gasteiger charge is -2.40. The highest BCUT2D eigenvalue weighted by Gasteiger charge is 2.29. The van der Waals surface area contributed by atoms with Gasteiger partial charge in [0.15, 0.2) is 0 Å². The lowest BCUT2D eigenvalue weighted by Crippen LogP contribution is -2.38. The van der Waals surface area contributed by atoms with Crippen LogP contribution in [-0.4, -0.2) is 35.1 Å². The zero-order chi connectivity index (χ0) is 22.1. The molecule has 1 aliphatic rings. The van der Waals surface area contributed by atoms with Crippen LogP contribution >= 0.6 is 0 Å². The quantitative estimate of drug-likeness (QED) is 0.509. The molecule has 0 saturated carbocycles. The molecule has 3 rings (SSSR count). The zero-order valence-electron chi connectivity index (χ0n) is 18.9. The summed E-state index contributed by atoms with van der Waals surface area (Å²) >= 11 is 0. The Morgan fingerprint density at radius 3 is 2.47 bits per heavy atom. The standard InChI is InChI=1S/C24H32FN3O2/c1-15(2)30-21(29)12-19-17(4)26-14-20(18-11-16(3)23(25)27-13-18)22(19)28-9-7-24(5,6)8-10-28/h11,13-15H,7-10,12H2,1-6H3. The van der Waals surface area contributed by atoms with E-state index in [1.54, 1.807) is 19.2 Å². The van der Waals surface area contributed by atoms with Gasteiger partial charge in [0.2, 0.25) is 5.95 Å². The van der Waals surface area contributed by atoms with Crippen molar-refractivity contribution in [1.29, 1.82) is 0 Å². The summed E-state index contributed by atoms with van der Waals surface area (Å²) in [5, 5.41) is 0. The fourth-order valence-corrected chi connectivity index (χ4v) is 3.91. The Morgan fingerprint density at radius 2 is 1.87 bits per heavy atom. The molecule has 2 aromatic rings. The van der Waals surface area contributed by atoms with Gasteiger partial charge in [-0.05, 0) is 52.0 Å². The van der Waals surface area contributed by atoms with Gasteiger partial charge in [-0.1, -0.05) is 13.8 Å². The maximum Gasteiger partial charge on any atom is 0.310 e. The Balaban J connectivity index is 2.10. The monoisotopic (exact) mass is 413 g/mol. The number of halogens is 1. The molecular weight excluding hydrogens is 381 g/mol. The number of carbonyl (C=O) groups excluding carboxylic acids is 1. The third-order valence-electron chi connectivity index (χ3n) is 5.81. The number of hydrogen-bond acceptors (Lipinski definition) is 5. The van der Waals surface area contributed by atoms with Crippen LogP contribution in [0.1, 0.15) is 57.4 Å². The van der Waals surface area contributed by atoms with Crippen molar-refractivity contribution in [1.82, 2.24) is 9.97 Å². The van der Waals surface area contributed by atoms with E-state index in [4.69, 9.17) is 4.74 Å². The number of ether oxygens (including phenoxy) is 1. The Kier molecular flexibility index (Phi) is 6.44. The second-order valence-electron chi connectivity index (χ2n) is 9.28. The van der Waals surface area contributed by atoms with Crippen molar-refractivity contribution in [2.75, 3.05) is 18.0 Å². The molecule has 1 fully saturated rings. The summed E-state index contributed by atoms with van der Waals surface area (Å²) in [6.07, 6.45) is 5.47. The van der Waals surface area contributed by atoms with Gasteiger partial charge in [-0.3, -0.25) is 9.78 Å². The number of anilines is 1. The smallest absolute Gasteiger partial charge is 0.310 e. The minimum absolute atomic E-state index is 0.160. The second-order valence-corrected chi connectivity index (χ2v) is 9.28. The lowest BCUT2D eigenvalue weighted by molar-refractivity contribution is -0.146. The molecule has 2 aromatic heterocycles. The van der Waals surface area contributed by atoms with Gasteiger partial charge in [-0.25, -0.2) is 4.98 Å². The van der Waals surface area contributed by atoms with E-state index < -0.39 is 5.95 Å². The van der Waals surface area contributed by atoms with Crippen molar-refractivity contribution in [3.05, 3.63) is 41.2 Å². The molecule has 0 aromatic carbocycles. The Labute approximate surface area is 178 Å². The van der Waals surface area contributed by atoms with E-state index >= 15 is 0 Å². The first-order valence-corrected chi connectivity index (χ1v) is 10.6. The molecule has 0 radical (unpaired) electrons. The predicted octanol–water partition coefficient (Wildman–Crippen LogP) is 5.02. The lowest BCUT2D eigenvalue weighted by atomic mass is 9.82. The minimum Gasteiger partial charge on any atom is -0.463 e. The fourth-order valence-electron chi connectivity index (χ4n) is 3.91. The van der Waals surface area contributed by atoms with E-state index in [2.05, 4.69) is 28.7 Å². The van der Waals surface area contributed by atoms with E-state index in [0.29, 0.717) is 11.0 Å². The van der Waals surface area contributed by atoms with Crippen molar-refractivity contribution >= 4 is 11.7 Å². The van der Waals surface area contributed by atoms with Crippen molar-refractivity contribution in [3.8, 4) is 11.1 Å². The van der Waals surface area contributed by atoms with E-state index in [-0.39, 0.29) is 18.5 Å². The summed E-state index contributed by atoms with van der Waals surface area (Å²) in [4.78, 5) is 23.3. The molecule has 5 nitrogen and oxygen atoms in total. The highest BCUT2D eigenvalue weighted by Crippen LogP contribution is 2.40. The number of rotatable bonds is 5. The van der Waals surface area contributed by atoms with Crippen LogP contribution in [0.2, 0.25) is 0 Å². The van der Waals surface area contributed by atoms with Crippen molar-refractivity contribution < 1.29 is 13.9 Å². The molecule has 3 heterocycles. The van der Waals surface area contributed by atoms with Gasteiger partial charge in [0.05, 0.1) is 18.2 Å². The van der Waals surface area contributed by atoms with Gasteiger partial charge >= 0.3 is 5.97 Å². The highest BCUT2D eigenvalue weighted by atomic mass is 19.1. The number of piperidine rings is 1. The number of carbonyl (C=O) groups is 1. The molecule has 0 N–H and O–H groups in total. The summed E-state index contributed by atoms with van der Waals surface area (Å²) in [7, 11) is 0. The molecule has 30 heavy (non-hydrogen) atoms. The second kappa shape index (κ2) is 8.70. The third-order valence-corrected chi connectivity index (χ3v) is 5.81. The molecule has 1 aliphatic heterocycles.